The summed E-state index contributed by atoms with van der Waals surface area (Å²) >= 11 is 0. The zero-order valence-corrected chi connectivity index (χ0v) is 14.5. The molecule has 2 aromatic carbocycles. The number of carbonyl (C=O) groups excluding carboxylic acids is 1. The third-order valence-corrected chi connectivity index (χ3v) is 3.78. The lowest BCUT2D eigenvalue weighted by Gasteiger charge is -2.07. The molecule has 7 nitrogen and oxygen atoms in total. The fourth-order valence-electron chi connectivity index (χ4n) is 2.41. The van der Waals surface area contributed by atoms with Gasteiger partial charge in [0.05, 0.1) is 16.7 Å². The second-order valence-electron chi connectivity index (χ2n) is 5.79. The Bertz CT molecular complexity index is 1090. The third kappa shape index (κ3) is 4.86. The molecule has 1 heterocycles. The number of furan rings is 1. The average Bonchev–Trinajstić information content (AvgIpc) is 3.16. The fourth-order valence-corrected chi connectivity index (χ4v) is 2.41. The number of rotatable bonds is 5. The molecule has 0 atom stereocenters. The van der Waals surface area contributed by atoms with Crippen LogP contribution in [0.1, 0.15) is 21.7 Å². The number of amides is 1. The Morgan fingerprint density at radius 3 is 2.59 bits per heavy atom. The number of halogens is 3. The van der Waals surface area contributed by atoms with Gasteiger partial charge in [0.2, 0.25) is 0 Å². The van der Waals surface area contributed by atoms with Crippen molar-refractivity contribution in [2.45, 2.75) is 6.18 Å². The summed E-state index contributed by atoms with van der Waals surface area (Å²) in [4.78, 5) is 22.3. The van der Waals surface area contributed by atoms with Gasteiger partial charge in [-0.15, -0.1) is 0 Å². The molecule has 10 heteroatoms. The van der Waals surface area contributed by atoms with Crippen LogP contribution >= 0.6 is 0 Å². The maximum atomic E-state index is 12.7. The molecule has 0 unspecified atom stereocenters. The van der Waals surface area contributed by atoms with E-state index in [1.165, 1.54) is 30.3 Å². The normalized spacial score (nSPS) is 11.6. The predicted molar refractivity (Wildman–Crippen MR) is 97.3 cm³/mol. The van der Waals surface area contributed by atoms with Crippen LogP contribution < -0.4 is 5.43 Å². The third-order valence-electron chi connectivity index (χ3n) is 3.78. The highest BCUT2D eigenvalue weighted by molar-refractivity contribution is 5.94. The molecule has 0 radical (unpaired) electrons. The molecule has 1 amide bonds. The van der Waals surface area contributed by atoms with E-state index < -0.39 is 22.6 Å². The van der Waals surface area contributed by atoms with Gasteiger partial charge in [-0.05, 0) is 30.3 Å². The van der Waals surface area contributed by atoms with Crippen LogP contribution in [0.4, 0.5) is 18.9 Å². The van der Waals surface area contributed by atoms with Crippen molar-refractivity contribution in [1.82, 2.24) is 5.43 Å². The standard InChI is InChI=1S/C19H12F3N3O4/c20-19(21,22)14-5-1-4-13(9-14)18(26)24-23-11-16-7-8-17(29-16)12-3-2-6-15(10-12)25(27)28/h1-11H,(H,24,26)/b23-11-. The van der Waals surface area contributed by atoms with Crippen molar-refractivity contribution >= 4 is 17.8 Å². The second kappa shape index (κ2) is 7.97. The Labute approximate surface area is 161 Å². The summed E-state index contributed by atoms with van der Waals surface area (Å²) in [5, 5.41) is 14.5. The highest BCUT2D eigenvalue weighted by atomic mass is 19.4. The van der Waals surface area contributed by atoms with Gasteiger partial charge in [0.1, 0.15) is 11.5 Å². The molecule has 0 saturated carbocycles. The van der Waals surface area contributed by atoms with Crippen molar-refractivity contribution in [3.63, 3.8) is 0 Å². The summed E-state index contributed by atoms with van der Waals surface area (Å²) in [6.07, 6.45) is -3.40. The van der Waals surface area contributed by atoms with Gasteiger partial charge < -0.3 is 4.42 Å². The highest BCUT2D eigenvalue weighted by Gasteiger charge is 2.30. The minimum Gasteiger partial charge on any atom is -0.455 e. The summed E-state index contributed by atoms with van der Waals surface area (Å²) in [6.45, 7) is 0. The van der Waals surface area contributed by atoms with E-state index in [2.05, 4.69) is 10.5 Å². The molecule has 29 heavy (non-hydrogen) atoms. The first-order valence-corrected chi connectivity index (χ1v) is 8.09. The molecular formula is C19H12F3N3O4. The van der Waals surface area contributed by atoms with E-state index in [9.17, 15) is 28.1 Å². The number of non-ortho nitro benzene ring substituents is 1. The second-order valence-corrected chi connectivity index (χ2v) is 5.79. The monoisotopic (exact) mass is 403 g/mol. The molecular weight excluding hydrogens is 391 g/mol. The van der Waals surface area contributed by atoms with E-state index in [1.807, 2.05) is 0 Å². The van der Waals surface area contributed by atoms with Crippen LogP contribution in [0.3, 0.4) is 0 Å². The number of nitrogens with zero attached hydrogens (tertiary/aromatic N) is 2. The minimum atomic E-state index is -4.56. The van der Waals surface area contributed by atoms with Crippen LogP contribution in [-0.2, 0) is 6.18 Å². The smallest absolute Gasteiger partial charge is 0.416 e. The Kier molecular flexibility index (Phi) is 5.44. The first kappa shape index (κ1) is 19.8. The zero-order valence-electron chi connectivity index (χ0n) is 14.5. The Morgan fingerprint density at radius 1 is 1.10 bits per heavy atom. The molecule has 3 rings (SSSR count). The van der Waals surface area contributed by atoms with E-state index in [1.54, 1.807) is 12.1 Å². The van der Waals surface area contributed by atoms with Crippen molar-refractivity contribution in [3.05, 3.63) is 87.7 Å². The number of carbonyl (C=O) groups is 1. The first-order chi connectivity index (χ1) is 13.7. The maximum Gasteiger partial charge on any atom is 0.416 e. The van der Waals surface area contributed by atoms with Crippen LogP contribution in [-0.4, -0.2) is 17.0 Å². The molecule has 3 aromatic rings. The Balaban J connectivity index is 1.68. The van der Waals surface area contributed by atoms with E-state index >= 15 is 0 Å². The number of benzene rings is 2. The summed E-state index contributed by atoms with van der Waals surface area (Å²) in [6, 6.07) is 12.8. The molecule has 1 aromatic heterocycles. The van der Waals surface area contributed by atoms with E-state index in [4.69, 9.17) is 4.42 Å². The van der Waals surface area contributed by atoms with E-state index in [0.717, 1.165) is 24.4 Å². The van der Waals surface area contributed by atoms with Crippen LogP contribution in [0.15, 0.2) is 70.2 Å². The van der Waals surface area contributed by atoms with Crippen molar-refractivity contribution in [1.29, 1.82) is 0 Å². The molecule has 0 saturated heterocycles. The van der Waals surface area contributed by atoms with Crippen LogP contribution in [0.5, 0.6) is 0 Å². The van der Waals surface area contributed by atoms with Crippen LogP contribution in [0, 0.1) is 10.1 Å². The number of hydrogen-bond acceptors (Lipinski definition) is 5. The number of nitro benzene ring substituents is 1. The summed E-state index contributed by atoms with van der Waals surface area (Å²) in [5.41, 5.74) is 1.35. The Morgan fingerprint density at radius 2 is 1.86 bits per heavy atom. The number of nitrogens with one attached hydrogen (secondary N) is 1. The van der Waals surface area contributed by atoms with Gasteiger partial charge >= 0.3 is 6.18 Å². The van der Waals surface area contributed by atoms with Gasteiger partial charge in [0, 0.05) is 23.3 Å². The molecule has 0 aliphatic rings. The van der Waals surface area contributed by atoms with E-state index in [0.29, 0.717) is 11.3 Å². The number of alkyl halides is 3. The van der Waals surface area contributed by atoms with Crippen molar-refractivity contribution < 1.29 is 27.3 Å². The lowest BCUT2D eigenvalue weighted by atomic mass is 10.1. The molecule has 0 aliphatic carbocycles. The van der Waals surface area contributed by atoms with Gasteiger partial charge in [0.25, 0.3) is 11.6 Å². The van der Waals surface area contributed by atoms with Gasteiger partial charge in [-0.1, -0.05) is 18.2 Å². The first-order valence-electron chi connectivity index (χ1n) is 8.09. The Hall–Kier alpha value is -3.95. The number of hydrazone groups is 1. The summed E-state index contributed by atoms with van der Waals surface area (Å²) < 4.78 is 43.6. The van der Waals surface area contributed by atoms with Gasteiger partial charge in [-0.25, -0.2) is 5.43 Å². The SMILES string of the molecule is O=C(N/N=C\c1ccc(-c2cccc([N+](=O)[O-])c2)o1)c1cccc(C(F)(F)F)c1. The van der Waals surface area contributed by atoms with Crippen molar-refractivity contribution in [2.75, 3.05) is 0 Å². The number of hydrogen-bond donors (Lipinski definition) is 1. The van der Waals surface area contributed by atoms with Crippen molar-refractivity contribution in [2.24, 2.45) is 5.10 Å². The van der Waals surface area contributed by atoms with Gasteiger partial charge in [0.15, 0.2) is 0 Å². The largest absolute Gasteiger partial charge is 0.455 e. The maximum absolute atomic E-state index is 12.7. The molecule has 0 bridgehead atoms. The molecule has 0 aliphatic heterocycles. The lowest BCUT2D eigenvalue weighted by molar-refractivity contribution is -0.384. The predicted octanol–water partition coefficient (Wildman–Crippen LogP) is 4.64. The number of nitro groups is 1. The highest BCUT2D eigenvalue weighted by Crippen LogP contribution is 2.29. The zero-order chi connectivity index (χ0) is 21.0. The van der Waals surface area contributed by atoms with Crippen LogP contribution in [0.25, 0.3) is 11.3 Å². The summed E-state index contributed by atoms with van der Waals surface area (Å²) in [7, 11) is 0. The van der Waals surface area contributed by atoms with Crippen LogP contribution in [0.2, 0.25) is 0 Å². The van der Waals surface area contributed by atoms with E-state index in [-0.39, 0.29) is 17.0 Å². The van der Waals surface area contributed by atoms with Gasteiger partial charge in [-0.2, -0.15) is 18.3 Å². The average molecular weight is 403 g/mol. The fraction of sp³-hybridized carbons (Fsp3) is 0.0526. The van der Waals surface area contributed by atoms with Gasteiger partial charge in [-0.3, -0.25) is 14.9 Å². The molecule has 0 fully saturated rings. The molecule has 148 valence electrons. The summed E-state index contributed by atoms with van der Waals surface area (Å²) in [5.74, 6) is -0.243. The molecule has 0 spiro atoms. The quantitative estimate of drug-likeness (QED) is 0.381. The molecule has 1 N–H and O–H groups in total. The topological polar surface area (TPSA) is 97.7 Å². The van der Waals surface area contributed by atoms with Crippen molar-refractivity contribution in [3.8, 4) is 11.3 Å². The lowest BCUT2D eigenvalue weighted by Crippen LogP contribution is -2.18. The minimum absolute atomic E-state index is 0.0949.